The summed E-state index contributed by atoms with van der Waals surface area (Å²) < 4.78 is 0.832. The summed E-state index contributed by atoms with van der Waals surface area (Å²) in [5, 5.41) is 0. The minimum Gasteiger partial charge on any atom is -0.399 e. The number of hydrogen-bond acceptors (Lipinski definition) is 4. The van der Waals surface area contributed by atoms with E-state index in [-0.39, 0.29) is 30.7 Å². The van der Waals surface area contributed by atoms with E-state index >= 15 is 0 Å². The van der Waals surface area contributed by atoms with Crippen molar-refractivity contribution in [1.29, 1.82) is 0 Å². The van der Waals surface area contributed by atoms with E-state index in [2.05, 4.69) is 11.0 Å². The van der Waals surface area contributed by atoms with Crippen molar-refractivity contribution in [3.05, 3.63) is 51.2 Å². The molecule has 1 fully saturated rings. The van der Waals surface area contributed by atoms with E-state index in [1.54, 1.807) is 11.3 Å². The number of carbonyl (C=O) groups is 1. The van der Waals surface area contributed by atoms with Crippen LogP contribution < -0.4 is 5.73 Å². The lowest BCUT2D eigenvalue weighted by Crippen LogP contribution is -2.48. The Hall–Kier alpha value is -0.980. The van der Waals surface area contributed by atoms with Gasteiger partial charge < -0.3 is 10.6 Å². The number of nitrogen functional groups attached to an aromatic ring is 1. The zero-order chi connectivity index (χ0) is 16.9. The average molecular weight is 437 g/mol. The summed E-state index contributed by atoms with van der Waals surface area (Å²) >= 11 is 7.60. The number of amides is 1. The zero-order valence-corrected chi connectivity index (χ0v) is 17.6. The third kappa shape index (κ3) is 6.32. The highest BCUT2D eigenvalue weighted by molar-refractivity contribution is 7.16. The first-order valence-electron chi connectivity index (χ1n) is 8.19. The molecule has 0 unspecified atom stereocenters. The van der Waals surface area contributed by atoms with Crippen LogP contribution in [0.25, 0.3) is 0 Å². The van der Waals surface area contributed by atoms with E-state index in [4.69, 9.17) is 17.3 Å². The second-order valence-electron chi connectivity index (χ2n) is 6.06. The van der Waals surface area contributed by atoms with E-state index in [0.717, 1.165) is 48.3 Å². The average Bonchev–Trinajstić information content (AvgIpc) is 2.99. The van der Waals surface area contributed by atoms with Gasteiger partial charge in [-0.05, 0) is 30.2 Å². The number of nitrogens with two attached hydrogens (primary N) is 1. The summed E-state index contributed by atoms with van der Waals surface area (Å²) in [6.07, 6.45) is 1.23. The molecule has 0 atom stereocenters. The van der Waals surface area contributed by atoms with Crippen molar-refractivity contribution in [1.82, 2.24) is 9.80 Å². The Bertz CT molecular complexity index is 702. The molecular formula is C18H24Cl3N3OS. The van der Waals surface area contributed by atoms with Crippen molar-refractivity contribution in [2.75, 3.05) is 31.9 Å². The predicted molar refractivity (Wildman–Crippen MR) is 115 cm³/mol. The number of aryl methyl sites for hydroxylation is 1. The molecule has 3 rings (SSSR count). The maximum absolute atomic E-state index is 12.4. The fourth-order valence-corrected chi connectivity index (χ4v) is 4.10. The lowest BCUT2D eigenvalue weighted by Gasteiger charge is -2.34. The van der Waals surface area contributed by atoms with Gasteiger partial charge in [0.25, 0.3) is 0 Å². The molecule has 0 spiro atoms. The number of rotatable bonds is 5. The second kappa shape index (κ2) is 11.0. The van der Waals surface area contributed by atoms with E-state index in [1.807, 2.05) is 35.2 Å². The van der Waals surface area contributed by atoms with Gasteiger partial charge in [0.2, 0.25) is 5.91 Å². The van der Waals surface area contributed by atoms with Crippen LogP contribution in [0.3, 0.4) is 0 Å². The lowest BCUT2D eigenvalue weighted by molar-refractivity contribution is -0.132. The lowest BCUT2D eigenvalue weighted by atomic mass is 10.1. The molecule has 1 aliphatic rings. The second-order valence-corrected chi connectivity index (χ2v) is 7.86. The molecule has 1 saturated heterocycles. The van der Waals surface area contributed by atoms with Gasteiger partial charge in [-0.25, -0.2) is 0 Å². The third-order valence-electron chi connectivity index (χ3n) is 4.40. The van der Waals surface area contributed by atoms with Crippen LogP contribution in [0.1, 0.15) is 16.9 Å². The van der Waals surface area contributed by atoms with Crippen molar-refractivity contribution in [2.45, 2.75) is 19.4 Å². The first-order chi connectivity index (χ1) is 11.6. The fraction of sp³-hybridized carbons (Fsp3) is 0.389. The monoisotopic (exact) mass is 435 g/mol. The maximum atomic E-state index is 12.4. The van der Waals surface area contributed by atoms with E-state index in [0.29, 0.717) is 12.8 Å². The van der Waals surface area contributed by atoms with Crippen LogP contribution >= 0.6 is 47.8 Å². The normalized spacial score (nSPS) is 14.4. The first-order valence-corrected chi connectivity index (χ1v) is 9.39. The van der Waals surface area contributed by atoms with Crippen LogP contribution in [0.5, 0.6) is 0 Å². The molecule has 1 aromatic carbocycles. The molecular weight excluding hydrogens is 413 g/mol. The minimum absolute atomic E-state index is 0. The molecule has 1 aliphatic heterocycles. The largest absolute Gasteiger partial charge is 0.399 e. The third-order valence-corrected chi connectivity index (χ3v) is 5.61. The van der Waals surface area contributed by atoms with Gasteiger partial charge in [0.1, 0.15) is 0 Å². The smallest absolute Gasteiger partial charge is 0.222 e. The number of carbonyl (C=O) groups excluding carboxylic acids is 1. The molecule has 2 heterocycles. The molecule has 2 aromatic rings. The number of thiophene rings is 1. The van der Waals surface area contributed by atoms with Crippen LogP contribution in [0.4, 0.5) is 5.69 Å². The van der Waals surface area contributed by atoms with Crippen molar-refractivity contribution >= 4 is 59.3 Å². The topological polar surface area (TPSA) is 49.6 Å². The van der Waals surface area contributed by atoms with Gasteiger partial charge in [0.15, 0.2) is 0 Å². The highest BCUT2D eigenvalue weighted by atomic mass is 35.5. The van der Waals surface area contributed by atoms with Crippen LogP contribution in [0.2, 0.25) is 4.34 Å². The van der Waals surface area contributed by atoms with Crippen LogP contribution in [0.15, 0.2) is 36.4 Å². The molecule has 0 bridgehead atoms. The van der Waals surface area contributed by atoms with Crippen molar-refractivity contribution in [3.8, 4) is 0 Å². The van der Waals surface area contributed by atoms with Gasteiger partial charge in [-0.3, -0.25) is 9.69 Å². The summed E-state index contributed by atoms with van der Waals surface area (Å²) in [4.78, 5) is 18.0. The Labute approximate surface area is 176 Å². The molecule has 1 amide bonds. The summed E-state index contributed by atoms with van der Waals surface area (Å²) in [6.45, 7) is 4.33. The number of anilines is 1. The molecule has 8 heteroatoms. The number of halogens is 3. The number of hydrogen-bond donors (Lipinski definition) is 1. The SMILES string of the molecule is Cl.Cl.Nc1ccccc1CCC(=O)N1CCN(Cc2ccc(Cl)s2)CC1. The number of piperazine rings is 1. The van der Waals surface area contributed by atoms with E-state index in [1.165, 1.54) is 4.88 Å². The van der Waals surface area contributed by atoms with Gasteiger partial charge in [-0.2, -0.15) is 0 Å². The Morgan fingerprint density at radius 3 is 2.38 bits per heavy atom. The van der Waals surface area contributed by atoms with Crippen molar-refractivity contribution < 1.29 is 4.79 Å². The minimum atomic E-state index is 0. The number of para-hydroxylation sites is 1. The Kier molecular flexibility index (Phi) is 9.75. The van der Waals surface area contributed by atoms with E-state index < -0.39 is 0 Å². The molecule has 144 valence electrons. The van der Waals surface area contributed by atoms with Gasteiger partial charge in [-0.15, -0.1) is 36.2 Å². The van der Waals surface area contributed by atoms with Gasteiger partial charge in [-0.1, -0.05) is 29.8 Å². The summed E-state index contributed by atoms with van der Waals surface area (Å²) in [5.74, 6) is 0.220. The molecule has 26 heavy (non-hydrogen) atoms. The summed E-state index contributed by atoms with van der Waals surface area (Å²) in [7, 11) is 0. The Morgan fingerprint density at radius 2 is 1.77 bits per heavy atom. The first kappa shape index (κ1) is 23.1. The predicted octanol–water partition coefficient (Wildman–Crippen LogP) is 4.10. The van der Waals surface area contributed by atoms with Gasteiger partial charge >= 0.3 is 0 Å². The highest BCUT2D eigenvalue weighted by Crippen LogP contribution is 2.23. The number of nitrogens with zero attached hydrogens (tertiary/aromatic N) is 2. The quantitative estimate of drug-likeness (QED) is 0.718. The number of benzene rings is 1. The van der Waals surface area contributed by atoms with Gasteiger partial charge in [0, 0.05) is 49.7 Å². The molecule has 0 saturated carbocycles. The molecule has 4 nitrogen and oxygen atoms in total. The van der Waals surface area contributed by atoms with Crippen molar-refractivity contribution in [3.63, 3.8) is 0 Å². The zero-order valence-electron chi connectivity index (χ0n) is 14.4. The Balaban J connectivity index is 0.00000169. The summed E-state index contributed by atoms with van der Waals surface area (Å²) in [6, 6.07) is 11.8. The van der Waals surface area contributed by atoms with E-state index in [9.17, 15) is 4.79 Å². The van der Waals surface area contributed by atoms with Crippen LogP contribution in [-0.2, 0) is 17.8 Å². The van der Waals surface area contributed by atoms with Crippen LogP contribution in [-0.4, -0.2) is 41.9 Å². The molecule has 1 aromatic heterocycles. The highest BCUT2D eigenvalue weighted by Gasteiger charge is 2.21. The standard InChI is InChI=1S/C18H22ClN3OS.2ClH/c19-17-7-6-15(24-17)13-21-9-11-22(12-10-21)18(23)8-5-14-3-1-2-4-16(14)20;;/h1-4,6-7H,5,8-13,20H2;2*1H. The molecule has 0 radical (unpaired) electrons. The van der Waals surface area contributed by atoms with Gasteiger partial charge in [0.05, 0.1) is 4.34 Å². The maximum Gasteiger partial charge on any atom is 0.222 e. The fourth-order valence-electron chi connectivity index (χ4n) is 2.97. The van der Waals surface area contributed by atoms with Crippen LogP contribution in [0, 0.1) is 0 Å². The molecule has 0 aliphatic carbocycles. The summed E-state index contributed by atoms with van der Waals surface area (Å²) in [5.41, 5.74) is 7.76. The molecule has 2 N–H and O–H groups in total. The van der Waals surface area contributed by atoms with Crippen molar-refractivity contribution in [2.24, 2.45) is 0 Å². The Morgan fingerprint density at radius 1 is 1.08 bits per heavy atom.